The Morgan fingerprint density at radius 3 is 2.41 bits per heavy atom. The topological polar surface area (TPSA) is 84.9 Å². The van der Waals surface area contributed by atoms with Gasteiger partial charge in [-0.15, -0.1) is 0 Å². The maximum absolute atomic E-state index is 13.9. The summed E-state index contributed by atoms with van der Waals surface area (Å²) in [5.74, 6) is 0.387. The van der Waals surface area contributed by atoms with E-state index in [2.05, 4.69) is 5.32 Å². The number of fused-ring (bicyclic) bond motifs is 1. The van der Waals surface area contributed by atoms with E-state index in [0.717, 1.165) is 36.8 Å². The van der Waals surface area contributed by atoms with Gasteiger partial charge < -0.3 is 14.8 Å². The lowest BCUT2D eigenvalue weighted by molar-refractivity contribution is -0.126. The van der Waals surface area contributed by atoms with Gasteiger partial charge in [-0.25, -0.2) is 8.42 Å². The lowest BCUT2D eigenvalue weighted by Crippen LogP contribution is -2.54. The Kier molecular flexibility index (Phi) is 6.71. The number of ether oxygens (including phenoxy) is 2. The fourth-order valence-electron chi connectivity index (χ4n) is 4.63. The van der Waals surface area contributed by atoms with E-state index in [1.165, 1.54) is 31.0 Å². The van der Waals surface area contributed by atoms with Gasteiger partial charge in [-0.3, -0.25) is 4.79 Å². The minimum absolute atomic E-state index is 0.00537. The van der Waals surface area contributed by atoms with Crippen molar-refractivity contribution in [1.29, 1.82) is 0 Å². The number of rotatable bonds is 6. The van der Waals surface area contributed by atoms with Crippen molar-refractivity contribution in [1.82, 2.24) is 9.62 Å². The summed E-state index contributed by atoms with van der Waals surface area (Å²) in [5.41, 5.74) is 1.90. The molecule has 0 aromatic heterocycles. The van der Waals surface area contributed by atoms with Crippen molar-refractivity contribution >= 4 is 15.9 Å². The third-order valence-corrected chi connectivity index (χ3v) is 8.29. The summed E-state index contributed by atoms with van der Waals surface area (Å²) < 4.78 is 39.6. The highest BCUT2D eigenvalue weighted by molar-refractivity contribution is 7.89. The van der Waals surface area contributed by atoms with Crippen LogP contribution in [0.3, 0.4) is 0 Å². The quantitative estimate of drug-likeness (QED) is 0.718. The number of nitrogens with zero attached hydrogens (tertiary/aromatic N) is 1. The molecule has 8 heteroatoms. The first kappa shape index (κ1) is 22.6. The summed E-state index contributed by atoms with van der Waals surface area (Å²) in [7, 11) is -1.14. The van der Waals surface area contributed by atoms with Gasteiger partial charge in [-0.2, -0.15) is 4.31 Å². The second-order valence-corrected chi connectivity index (χ2v) is 10.3. The third-order valence-electron chi connectivity index (χ3n) is 6.42. The van der Waals surface area contributed by atoms with E-state index in [1.54, 1.807) is 12.1 Å². The predicted molar refractivity (Wildman–Crippen MR) is 121 cm³/mol. The molecule has 1 atom stereocenters. The summed E-state index contributed by atoms with van der Waals surface area (Å²) in [6, 6.07) is 11.6. The minimum Gasteiger partial charge on any atom is -0.497 e. The smallest absolute Gasteiger partial charge is 0.247 e. The summed E-state index contributed by atoms with van der Waals surface area (Å²) in [4.78, 5) is 13.4. The van der Waals surface area contributed by atoms with Crippen molar-refractivity contribution in [2.75, 3.05) is 14.2 Å². The molecule has 2 aliphatic rings. The van der Waals surface area contributed by atoms with Gasteiger partial charge in [0.05, 0.1) is 14.2 Å². The van der Waals surface area contributed by atoms with Crippen LogP contribution < -0.4 is 14.8 Å². The molecule has 0 spiro atoms. The largest absolute Gasteiger partial charge is 0.497 e. The zero-order valence-electron chi connectivity index (χ0n) is 18.5. The molecule has 1 amide bonds. The Labute approximate surface area is 189 Å². The fraction of sp³-hybridized carbons (Fsp3) is 0.458. The summed E-state index contributed by atoms with van der Waals surface area (Å²) in [5, 5.41) is 3.12. The zero-order chi connectivity index (χ0) is 22.7. The van der Waals surface area contributed by atoms with E-state index in [4.69, 9.17) is 9.47 Å². The summed E-state index contributed by atoms with van der Waals surface area (Å²) in [6.45, 7) is 0.127. The van der Waals surface area contributed by atoms with Crippen LogP contribution in [0.1, 0.15) is 43.2 Å². The van der Waals surface area contributed by atoms with Crippen LogP contribution in [0, 0.1) is 0 Å². The normalized spacial score (nSPS) is 19.8. The fourth-order valence-corrected chi connectivity index (χ4v) is 6.37. The Hall–Kier alpha value is -2.58. The van der Waals surface area contributed by atoms with Gasteiger partial charge in [0.15, 0.2) is 0 Å². The Balaban J connectivity index is 1.72. The van der Waals surface area contributed by atoms with E-state index in [1.807, 2.05) is 24.3 Å². The molecule has 0 bridgehead atoms. The van der Waals surface area contributed by atoms with Crippen LogP contribution in [-0.4, -0.2) is 44.9 Å². The van der Waals surface area contributed by atoms with E-state index >= 15 is 0 Å². The van der Waals surface area contributed by atoms with Crippen LogP contribution in [0.15, 0.2) is 47.4 Å². The predicted octanol–water partition coefficient (Wildman–Crippen LogP) is 3.27. The number of carbonyl (C=O) groups is 1. The summed E-state index contributed by atoms with van der Waals surface area (Å²) in [6.07, 6.45) is 5.56. The molecule has 1 aliphatic carbocycles. The maximum atomic E-state index is 13.9. The number of hydrogen-bond donors (Lipinski definition) is 1. The van der Waals surface area contributed by atoms with Crippen LogP contribution in [0.5, 0.6) is 11.5 Å². The van der Waals surface area contributed by atoms with Gasteiger partial charge in [0.2, 0.25) is 15.9 Å². The van der Waals surface area contributed by atoms with Crippen molar-refractivity contribution in [3.8, 4) is 11.5 Å². The molecule has 2 aromatic rings. The monoisotopic (exact) mass is 458 g/mol. The van der Waals surface area contributed by atoms with Crippen molar-refractivity contribution < 1.29 is 22.7 Å². The Morgan fingerprint density at radius 1 is 1.00 bits per heavy atom. The minimum atomic E-state index is -4.05. The number of sulfonamides is 1. The second kappa shape index (κ2) is 9.50. The number of methoxy groups -OCH3 is 2. The zero-order valence-corrected chi connectivity index (χ0v) is 19.4. The van der Waals surface area contributed by atoms with Gasteiger partial charge in [-0.1, -0.05) is 43.5 Å². The van der Waals surface area contributed by atoms with Crippen molar-refractivity contribution in [3.63, 3.8) is 0 Å². The molecule has 32 heavy (non-hydrogen) atoms. The van der Waals surface area contributed by atoms with Crippen molar-refractivity contribution in [2.45, 2.75) is 62.0 Å². The number of benzene rings is 2. The summed E-state index contributed by atoms with van der Waals surface area (Å²) >= 11 is 0. The standard InChI is InChI=1S/C24H30N2O5S/c1-30-20-12-13-22(31-2)23(15-20)32(28,29)26-16-18-9-7-6-8-17(18)14-21(26)24(27)25-19-10-4-3-5-11-19/h6-9,12-13,15,19,21H,3-5,10-11,14,16H2,1-2H3,(H,25,27). The van der Waals surface area contributed by atoms with Crippen LogP contribution in [0.2, 0.25) is 0 Å². The SMILES string of the molecule is COc1ccc(OC)c(S(=O)(=O)N2Cc3ccccc3CC2C(=O)NC2CCCCC2)c1. The lowest BCUT2D eigenvalue weighted by Gasteiger charge is -2.36. The van der Waals surface area contributed by atoms with E-state index < -0.39 is 16.1 Å². The Bertz CT molecular complexity index is 1080. The first-order chi connectivity index (χ1) is 15.4. The highest BCUT2D eigenvalue weighted by atomic mass is 32.2. The molecule has 4 rings (SSSR count). The van der Waals surface area contributed by atoms with E-state index in [-0.39, 0.29) is 29.1 Å². The lowest BCUT2D eigenvalue weighted by atomic mass is 9.93. The van der Waals surface area contributed by atoms with Crippen molar-refractivity contribution in [2.24, 2.45) is 0 Å². The molecule has 0 radical (unpaired) electrons. The Morgan fingerprint density at radius 2 is 1.72 bits per heavy atom. The molecule has 0 saturated heterocycles. The van der Waals surface area contributed by atoms with Crippen LogP contribution in [-0.2, 0) is 27.8 Å². The number of hydrogen-bond acceptors (Lipinski definition) is 5. The second-order valence-electron chi connectivity index (χ2n) is 8.40. The number of nitrogens with one attached hydrogen (secondary N) is 1. The molecule has 1 N–H and O–H groups in total. The molecule has 1 aliphatic heterocycles. The van der Waals surface area contributed by atoms with Gasteiger partial charge >= 0.3 is 0 Å². The van der Waals surface area contributed by atoms with E-state index in [9.17, 15) is 13.2 Å². The van der Waals surface area contributed by atoms with Crippen LogP contribution in [0.4, 0.5) is 0 Å². The molecular weight excluding hydrogens is 428 g/mol. The molecular formula is C24H30N2O5S. The van der Waals surface area contributed by atoms with Crippen LogP contribution in [0.25, 0.3) is 0 Å². The third kappa shape index (κ3) is 4.47. The number of amides is 1. The molecule has 2 aromatic carbocycles. The van der Waals surface area contributed by atoms with Crippen molar-refractivity contribution in [3.05, 3.63) is 53.6 Å². The van der Waals surface area contributed by atoms with Gasteiger partial charge in [0, 0.05) is 18.7 Å². The number of carbonyl (C=O) groups excluding carboxylic acids is 1. The highest BCUT2D eigenvalue weighted by Gasteiger charge is 2.41. The molecule has 1 saturated carbocycles. The molecule has 7 nitrogen and oxygen atoms in total. The average molecular weight is 459 g/mol. The van der Waals surface area contributed by atoms with Gasteiger partial charge in [0.25, 0.3) is 0 Å². The van der Waals surface area contributed by atoms with E-state index in [0.29, 0.717) is 12.2 Å². The first-order valence-corrected chi connectivity index (χ1v) is 12.5. The highest BCUT2D eigenvalue weighted by Crippen LogP contribution is 2.35. The molecule has 172 valence electrons. The molecule has 1 unspecified atom stereocenters. The van der Waals surface area contributed by atoms with Gasteiger partial charge in [-0.05, 0) is 42.5 Å². The first-order valence-electron chi connectivity index (χ1n) is 11.0. The van der Waals surface area contributed by atoms with Gasteiger partial charge in [0.1, 0.15) is 22.4 Å². The van der Waals surface area contributed by atoms with Crippen LogP contribution >= 0.6 is 0 Å². The molecule has 1 heterocycles. The maximum Gasteiger partial charge on any atom is 0.247 e. The average Bonchev–Trinajstić information content (AvgIpc) is 2.83. The molecule has 1 fully saturated rings.